The predicted octanol–water partition coefficient (Wildman–Crippen LogP) is 3.46. The van der Waals surface area contributed by atoms with E-state index >= 15 is 0 Å². The molecule has 1 aromatic rings. The number of halogens is 2. The third kappa shape index (κ3) is 2.68. The Hall–Kier alpha value is -0.550. The summed E-state index contributed by atoms with van der Waals surface area (Å²) in [5.74, 6) is 0. The first-order valence-electron chi connectivity index (χ1n) is 6.07. The second kappa shape index (κ2) is 5.44. The van der Waals surface area contributed by atoms with Crippen LogP contribution >= 0.6 is 23.2 Å². The van der Waals surface area contributed by atoms with Crippen molar-refractivity contribution in [1.82, 2.24) is 4.90 Å². The molecule has 0 saturated carbocycles. The minimum absolute atomic E-state index is 0.254. The van der Waals surface area contributed by atoms with E-state index in [1.54, 1.807) is 12.1 Å². The van der Waals surface area contributed by atoms with Crippen LogP contribution in [0.2, 0.25) is 10.0 Å². The molecule has 6 heteroatoms. The van der Waals surface area contributed by atoms with E-state index in [-0.39, 0.29) is 9.92 Å². The lowest BCUT2D eigenvalue weighted by Gasteiger charge is -2.18. The Balaban J connectivity index is 2.43. The second-order valence-electron chi connectivity index (χ2n) is 4.38. The molecule has 1 aliphatic rings. The number of hydrogen-bond acceptors (Lipinski definition) is 3. The highest BCUT2D eigenvalue weighted by molar-refractivity contribution is 7.95. The zero-order valence-corrected chi connectivity index (χ0v) is 13.1. The summed E-state index contributed by atoms with van der Waals surface area (Å²) in [6.07, 6.45) is 1.69. The van der Waals surface area contributed by atoms with Gasteiger partial charge < -0.3 is 0 Å². The number of likely N-dealkylation sites (N-methyl/N-ethyl adjacent to an activating group) is 1. The number of sulfone groups is 1. The first-order chi connectivity index (χ1) is 8.90. The van der Waals surface area contributed by atoms with Crippen LogP contribution in [0.5, 0.6) is 0 Å². The Morgan fingerprint density at radius 2 is 1.68 bits per heavy atom. The molecule has 0 spiro atoms. The van der Waals surface area contributed by atoms with Crippen LogP contribution in [0.3, 0.4) is 0 Å². The number of hydrogen-bond donors (Lipinski definition) is 0. The van der Waals surface area contributed by atoms with Crippen LogP contribution in [0, 0.1) is 0 Å². The van der Waals surface area contributed by atoms with E-state index in [0.717, 1.165) is 13.1 Å². The molecular weight excluding hydrogens is 305 g/mol. The van der Waals surface area contributed by atoms with Crippen molar-refractivity contribution in [1.29, 1.82) is 0 Å². The van der Waals surface area contributed by atoms with E-state index in [4.69, 9.17) is 23.2 Å². The molecule has 0 unspecified atom stereocenters. The zero-order chi connectivity index (χ0) is 14.2. The van der Waals surface area contributed by atoms with Gasteiger partial charge in [-0.15, -0.1) is 0 Å². The Kier molecular flexibility index (Phi) is 4.26. The summed E-state index contributed by atoms with van der Waals surface area (Å²) < 4.78 is 24.8. The van der Waals surface area contributed by atoms with E-state index in [2.05, 4.69) is 4.90 Å². The monoisotopic (exact) mass is 319 g/mol. The maximum Gasteiger partial charge on any atom is 0.204 e. The van der Waals surface area contributed by atoms with Crippen LogP contribution in [-0.4, -0.2) is 33.0 Å². The van der Waals surface area contributed by atoms with Crippen LogP contribution in [-0.2, 0) is 9.84 Å². The van der Waals surface area contributed by atoms with Crippen LogP contribution in [0.15, 0.2) is 21.9 Å². The lowest BCUT2D eigenvalue weighted by atomic mass is 10.2. The summed E-state index contributed by atoms with van der Waals surface area (Å²) in [6, 6.07) is 3.03. The normalized spacial score (nSPS) is 16.6. The molecule has 1 aliphatic heterocycles. The Bertz CT molecular complexity index is 634. The maximum atomic E-state index is 12.4. The number of rotatable bonds is 4. The number of nitrogens with zero attached hydrogens (tertiary/aromatic N) is 1. The molecule has 0 bridgehead atoms. The minimum Gasteiger partial charge on any atom is -0.299 e. The Morgan fingerprint density at radius 3 is 2.26 bits per heavy atom. The summed E-state index contributed by atoms with van der Waals surface area (Å²) in [7, 11) is -3.42. The summed E-state index contributed by atoms with van der Waals surface area (Å²) in [6.45, 7) is 6.04. The van der Waals surface area contributed by atoms with E-state index in [1.807, 2.05) is 13.8 Å². The van der Waals surface area contributed by atoms with Gasteiger partial charge in [-0.3, -0.25) is 4.90 Å². The van der Waals surface area contributed by atoms with Gasteiger partial charge >= 0.3 is 0 Å². The highest BCUT2D eigenvalue weighted by Crippen LogP contribution is 2.37. The molecule has 0 amide bonds. The third-order valence-electron chi connectivity index (χ3n) is 3.28. The van der Waals surface area contributed by atoms with Crippen LogP contribution in [0.25, 0.3) is 6.08 Å². The van der Waals surface area contributed by atoms with E-state index in [0.29, 0.717) is 22.0 Å². The molecule has 0 radical (unpaired) electrons. The van der Waals surface area contributed by atoms with Gasteiger partial charge in [-0.05, 0) is 36.9 Å². The average Bonchev–Trinajstić information content (AvgIpc) is 2.59. The third-order valence-corrected chi connectivity index (χ3v) is 5.87. The lowest BCUT2D eigenvalue weighted by Crippen LogP contribution is -2.26. The van der Waals surface area contributed by atoms with E-state index in [1.165, 1.54) is 6.07 Å². The van der Waals surface area contributed by atoms with E-state index in [9.17, 15) is 8.42 Å². The SMILES string of the molecule is CCN(CC)CC1=Cc2cc(Cl)c(Cl)cc2S1(=O)=O. The molecule has 0 saturated heterocycles. The van der Waals surface area contributed by atoms with Crippen molar-refractivity contribution >= 4 is 39.1 Å². The smallest absolute Gasteiger partial charge is 0.204 e. The molecular formula is C13H15Cl2NO2S. The van der Waals surface area contributed by atoms with Crippen molar-refractivity contribution in [3.05, 3.63) is 32.6 Å². The molecule has 0 aliphatic carbocycles. The van der Waals surface area contributed by atoms with Crippen LogP contribution < -0.4 is 0 Å². The summed E-state index contributed by atoms with van der Waals surface area (Å²) in [5, 5.41) is 0.637. The van der Waals surface area contributed by atoms with Gasteiger partial charge in [-0.2, -0.15) is 0 Å². The second-order valence-corrected chi connectivity index (χ2v) is 7.17. The zero-order valence-electron chi connectivity index (χ0n) is 10.8. The van der Waals surface area contributed by atoms with Gasteiger partial charge in [0.15, 0.2) is 0 Å². The molecule has 0 atom stereocenters. The van der Waals surface area contributed by atoms with Crippen LogP contribution in [0.1, 0.15) is 19.4 Å². The van der Waals surface area contributed by atoms with Crippen molar-refractivity contribution in [2.45, 2.75) is 18.7 Å². The van der Waals surface area contributed by atoms with Crippen molar-refractivity contribution in [3.63, 3.8) is 0 Å². The van der Waals surface area contributed by atoms with Gasteiger partial charge in [0.05, 0.1) is 19.8 Å². The minimum atomic E-state index is -3.42. The number of fused-ring (bicyclic) bond motifs is 1. The number of benzene rings is 1. The van der Waals surface area contributed by atoms with Gasteiger partial charge in [-0.1, -0.05) is 37.0 Å². The quantitative estimate of drug-likeness (QED) is 0.852. The van der Waals surface area contributed by atoms with Crippen LogP contribution in [0.4, 0.5) is 0 Å². The predicted molar refractivity (Wildman–Crippen MR) is 79.4 cm³/mol. The van der Waals surface area contributed by atoms with E-state index < -0.39 is 9.84 Å². The van der Waals surface area contributed by atoms with Crippen molar-refractivity contribution in [2.24, 2.45) is 0 Å². The van der Waals surface area contributed by atoms with Crippen molar-refractivity contribution in [3.8, 4) is 0 Å². The first kappa shape index (κ1) is 14.9. The van der Waals surface area contributed by atoms with Gasteiger partial charge in [-0.25, -0.2) is 8.42 Å². The fourth-order valence-electron chi connectivity index (χ4n) is 2.08. The molecule has 3 nitrogen and oxygen atoms in total. The summed E-state index contributed by atoms with van der Waals surface area (Å²) >= 11 is 11.8. The topological polar surface area (TPSA) is 37.4 Å². The largest absolute Gasteiger partial charge is 0.299 e. The highest BCUT2D eigenvalue weighted by atomic mass is 35.5. The van der Waals surface area contributed by atoms with Gasteiger partial charge in [0.25, 0.3) is 0 Å². The molecule has 104 valence electrons. The average molecular weight is 320 g/mol. The summed E-state index contributed by atoms with van der Waals surface area (Å²) in [4.78, 5) is 2.71. The summed E-state index contributed by atoms with van der Waals surface area (Å²) in [5.41, 5.74) is 0.622. The Morgan fingerprint density at radius 1 is 1.11 bits per heavy atom. The van der Waals surface area contributed by atoms with Gasteiger partial charge in [0.1, 0.15) is 0 Å². The van der Waals surface area contributed by atoms with Gasteiger partial charge in [0, 0.05) is 6.54 Å². The molecule has 0 N–H and O–H groups in total. The first-order valence-corrected chi connectivity index (χ1v) is 8.31. The maximum absolute atomic E-state index is 12.4. The fraction of sp³-hybridized carbons (Fsp3) is 0.385. The molecule has 0 fully saturated rings. The molecule has 1 heterocycles. The Labute approximate surface area is 123 Å². The molecule has 0 aromatic heterocycles. The van der Waals surface area contributed by atoms with Crippen molar-refractivity contribution in [2.75, 3.05) is 19.6 Å². The molecule has 2 rings (SSSR count). The molecule has 1 aromatic carbocycles. The fourth-order valence-corrected chi connectivity index (χ4v) is 4.10. The highest BCUT2D eigenvalue weighted by Gasteiger charge is 2.31. The lowest BCUT2D eigenvalue weighted by molar-refractivity contribution is 0.334. The van der Waals surface area contributed by atoms with Gasteiger partial charge in [0.2, 0.25) is 9.84 Å². The standard InChI is InChI=1S/C13H15Cl2NO2S/c1-3-16(4-2)8-10-5-9-6-11(14)12(15)7-13(9)19(10,17)18/h5-7H,3-4,8H2,1-2H3. The molecule has 19 heavy (non-hydrogen) atoms. The van der Waals surface area contributed by atoms with Crippen molar-refractivity contribution < 1.29 is 8.42 Å².